The first kappa shape index (κ1) is 11.3. The van der Waals surface area contributed by atoms with Gasteiger partial charge in [-0.3, -0.25) is 10.1 Å². The van der Waals surface area contributed by atoms with Crippen LogP contribution in [-0.2, 0) is 0 Å². The van der Waals surface area contributed by atoms with Crippen molar-refractivity contribution in [3.63, 3.8) is 0 Å². The first-order valence-corrected chi connectivity index (χ1v) is 4.80. The smallest absolute Gasteiger partial charge is 0.229 e. The molecule has 1 aromatic rings. The molecule has 0 aliphatic heterocycles. The summed E-state index contributed by atoms with van der Waals surface area (Å²) in [5.74, 6) is 0.182. The molecule has 1 unspecified atom stereocenters. The van der Waals surface area contributed by atoms with Crippen LogP contribution in [0.15, 0.2) is 24.3 Å². The Morgan fingerprint density at radius 1 is 1.47 bits per heavy atom. The van der Waals surface area contributed by atoms with Crippen molar-refractivity contribution in [1.82, 2.24) is 0 Å². The van der Waals surface area contributed by atoms with E-state index in [9.17, 15) is 10.1 Å². The van der Waals surface area contributed by atoms with Gasteiger partial charge in [0.25, 0.3) is 0 Å². The minimum absolute atomic E-state index is 0.182. The Hall–Kier alpha value is -1.78. The average molecular weight is 210 g/mol. The van der Waals surface area contributed by atoms with E-state index in [0.29, 0.717) is 13.0 Å². The van der Waals surface area contributed by atoms with Crippen molar-refractivity contribution >= 4 is 5.69 Å². The quantitative estimate of drug-likeness (QED) is 0.442. The first-order valence-electron chi connectivity index (χ1n) is 4.80. The van der Waals surface area contributed by atoms with Gasteiger partial charge in [0.05, 0.1) is 6.54 Å². The minimum Gasteiger partial charge on any atom is -0.508 e. The Balaban J connectivity index is 2.49. The molecule has 0 saturated heterocycles. The fourth-order valence-electron chi connectivity index (χ4n) is 1.18. The Labute approximate surface area is 87.9 Å². The van der Waals surface area contributed by atoms with Crippen LogP contribution < -0.4 is 5.32 Å². The van der Waals surface area contributed by atoms with Crippen LogP contribution in [0, 0.1) is 10.1 Å². The fraction of sp³-hybridized carbons (Fsp3) is 0.400. The van der Waals surface area contributed by atoms with E-state index in [-0.39, 0.29) is 10.7 Å². The van der Waals surface area contributed by atoms with Crippen molar-refractivity contribution in [2.45, 2.75) is 19.4 Å². The molecule has 0 saturated carbocycles. The van der Waals surface area contributed by atoms with Crippen molar-refractivity contribution in [1.29, 1.82) is 0 Å². The van der Waals surface area contributed by atoms with Gasteiger partial charge in [-0.05, 0) is 24.3 Å². The molecule has 0 spiro atoms. The van der Waals surface area contributed by atoms with Crippen molar-refractivity contribution < 1.29 is 10.0 Å². The molecule has 82 valence electrons. The van der Waals surface area contributed by atoms with Crippen LogP contribution in [0.5, 0.6) is 5.75 Å². The van der Waals surface area contributed by atoms with Crippen LogP contribution in [0.4, 0.5) is 5.69 Å². The molecule has 0 amide bonds. The molecule has 0 aromatic heterocycles. The van der Waals surface area contributed by atoms with Gasteiger partial charge in [0.2, 0.25) is 6.04 Å². The fourth-order valence-corrected chi connectivity index (χ4v) is 1.18. The van der Waals surface area contributed by atoms with E-state index in [1.807, 2.05) is 0 Å². The van der Waals surface area contributed by atoms with Gasteiger partial charge in [-0.25, -0.2) is 0 Å². The summed E-state index contributed by atoms with van der Waals surface area (Å²) in [4.78, 5) is 10.2. The van der Waals surface area contributed by atoms with E-state index in [1.165, 1.54) is 12.1 Å². The molecular weight excluding hydrogens is 196 g/mol. The van der Waals surface area contributed by atoms with E-state index < -0.39 is 6.04 Å². The third kappa shape index (κ3) is 3.46. The van der Waals surface area contributed by atoms with Gasteiger partial charge >= 0.3 is 0 Å². The lowest BCUT2D eigenvalue weighted by molar-refractivity contribution is -0.518. The first-order chi connectivity index (χ1) is 7.13. The highest BCUT2D eigenvalue weighted by molar-refractivity contribution is 5.45. The Bertz CT molecular complexity index is 324. The normalized spacial score (nSPS) is 12.1. The summed E-state index contributed by atoms with van der Waals surface area (Å²) in [5.41, 5.74) is 0.771. The van der Waals surface area contributed by atoms with Crippen molar-refractivity contribution in [2.24, 2.45) is 0 Å². The van der Waals surface area contributed by atoms with Gasteiger partial charge < -0.3 is 10.4 Å². The predicted octanol–water partition coefficient (Wildman–Crippen LogP) is 1.86. The van der Waals surface area contributed by atoms with E-state index in [4.69, 9.17) is 5.11 Å². The number of aromatic hydroxyl groups is 1. The number of nitrogens with one attached hydrogen (secondary N) is 1. The minimum atomic E-state index is -0.571. The second kappa shape index (κ2) is 5.19. The molecule has 0 heterocycles. The van der Waals surface area contributed by atoms with Crippen LogP contribution in [0.3, 0.4) is 0 Å². The molecular formula is C10H14N2O3. The van der Waals surface area contributed by atoms with Gasteiger partial charge in [0.1, 0.15) is 5.75 Å². The molecule has 0 aliphatic carbocycles. The zero-order chi connectivity index (χ0) is 11.3. The average Bonchev–Trinajstić information content (AvgIpc) is 2.21. The molecule has 1 atom stereocenters. The highest BCUT2D eigenvalue weighted by Gasteiger charge is 2.16. The van der Waals surface area contributed by atoms with Crippen LogP contribution in [0.25, 0.3) is 0 Å². The zero-order valence-electron chi connectivity index (χ0n) is 8.51. The lowest BCUT2D eigenvalue weighted by Crippen LogP contribution is -2.27. The third-order valence-corrected chi connectivity index (χ3v) is 2.18. The van der Waals surface area contributed by atoms with Gasteiger partial charge in [-0.1, -0.05) is 6.92 Å². The summed E-state index contributed by atoms with van der Waals surface area (Å²) < 4.78 is 0. The summed E-state index contributed by atoms with van der Waals surface area (Å²) in [6.07, 6.45) is 0.498. The number of hydrogen-bond donors (Lipinski definition) is 2. The predicted molar refractivity (Wildman–Crippen MR) is 57.7 cm³/mol. The lowest BCUT2D eigenvalue weighted by atomic mass is 10.2. The third-order valence-electron chi connectivity index (χ3n) is 2.18. The van der Waals surface area contributed by atoms with Crippen LogP contribution in [0.2, 0.25) is 0 Å². The Morgan fingerprint density at radius 2 is 2.07 bits per heavy atom. The number of nitrogens with zero attached hydrogens (tertiary/aromatic N) is 1. The maximum absolute atomic E-state index is 10.5. The number of nitro groups is 1. The topological polar surface area (TPSA) is 75.4 Å². The maximum atomic E-state index is 10.5. The van der Waals surface area contributed by atoms with Crippen molar-refractivity contribution in [3.05, 3.63) is 34.4 Å². The second-order valence-electron chi connectivity index (χ2n) is 3.28. The highest BCUT2D eigenvalue weighted by atomic mass is 16.6. The summed E-state index contributed by atoms with van der Waals surface area (Å²) in [6.45, 7) is 2.08. The molecule has 15 heavy (non-hydrogen) atoms. The highest BCUT2D eigenvalue weighted by Crippen LogP contribution is 2.13. The van der Waals surface area contributed by atoms with Crippen molar-refractivity contribution in [3.8, 4) is 5.75 Å². The van der Waals surface area contributed by atoms with E-state index in [2.05, 4.69) is 5.32 Å². The van der Waals surface area contributed by atoms with Crippen LogP contribution >= 0.6 is 0 Å². The second-order valence-corrected chi connectivity index (χ2v) is 3.28. The van der Waals surface area contributed by atoms with Gasteiger partial charge in [0, 0.05) is 17.0 Å². The molecule has 0 aliphatic rings. The largest absolute Gasteiger partial charge is 0.508 e. The van der Waals surface area contributed by atoms with Crippen molar-refractivity contribution in [2.75, 3.05) is 11.9 Å². The van der Waals surface area contributed by atoms with E-state index >= 15 is 0 Å². The molecule has 0 fully saturated rings. The number of benzene rings is 1. The molecule has 1 aromatic carbocycles. The number of hydrogen-bond acceptors (Lipinski definition) is 4. The molecule has 0 radical (unpaired) electrons. The monoisotopic (exact) mass is 210 g/mol. The zero-order valence-corrected chi connectivity index (χ0v) is 8.51. The number of anilines is 1. The molecule has 2 N–H and O–H groups in total. The molecule has 0 bridgehead atoms. The van der Waals surface area contributed by atoms with Gasteiger partial charge in [0.15, 0.2) is 0 Å². The summed E-state index contributed by atoms with van der Waals surface area (Å²) in [6, 6.07) is 5.87. The number of phenols is 1. The number of rotatable bonds is 5. The summed E-state index contributed by atoms with van der Waals surface area (Å²) in [5, 5.41) is 22.5. The Kier molecular flexibility index (Phi) is 3.91. The summed E-state index contributed by atoms with van der Waals surface area (Å²) in [7, 11) is 0. The van der Waals surface area contributed by atoms with E-state index in [0.717, 1.165) is 5.69 Å². The molecule has 1 rings (SSSR count). The lowest BCUT2D eigenvalue weighted by Gasteiger charge is -2.09. The number of phenolic OH excluding ortho intramolecular Hbond substituents is 1. The van der Waals surface area contributed by atoms with Crippen LogP contribution in [-0.4, -0.2) is 22.6 Å². The Morgan fingerprint density at radius 3 is 2.53 bits per heavy atom. The van der Waals surface area contributed by atoms with Gasteiger partial charge in [-0.15, -0.1) is 0 Å². The maximum Gasteiger partial charge on any atom is 0.229 e. The van der Waals surface area contributed by atoms with E-state index in [1.54, 1.807) is 19.1 Å². The molecule has 5 heteroatoms. The standard InChI is InChI=1S/C10H14N2O3/c1-2-9(12(14)15)7-11-8-3-5-10(13)6-4-8/h3-6,9,11,13H,2,7H2,1H3. The van der Waals surface area contributed by atoms with Gasteiger partial charge in [-0.2, -0.15) is 0 Å². The summed E-state index contributed by atoms with van der Waals surface area (Å²) >= 11 is 0. The SMILES string of the molecule is CCC(CNc1ccc(O)cc1)[N+](=O)[O-]. The van der Waals surface area contributed by atoms with Crippen LogP contribution in [0.1, 0.15) is 13.3 Å². The molecule has 5 nitrogen and oxygen atoms in total.